The third kappa shape index (κ3) is 4.87. The number of halogens is 4. The molecule has 0 saturated carbocycles. The van der Waals surface area contributed by atoms with E-state index in [1.54, 1.807) is 0 Å². The number of amides is 1. The van der Waals surface area contributed by atoms with E-state index in [0.717, 1.165) is 12.1 Å². The minimum absolute atomic E-state index is 0.162. The summed E-state index contributed by atoms with van der Waals surface area (Å²) >= 11 is 0. The lowest BCUT2D eigenvalue weighted by atomic mass is 10.1. The van der Waals surface area contributed by atoms with Gasteiger partial charge in [-0.05, 0) is 11.6 Å². The summed E-state index contributed by atoms with van der Waals surface area (Å²) in [6.07, 6.45) is -4.52. The van der Waals surface area contributed by atoms with E-state index >= 15 is 0 Å². The first-order valence-corrected chi connectivity index (χ1v) is 5.54. The molecule has 2 N–H and O–H groups in total. The molecule has 1 rings (SSSR count). The number of alkyl halides is 2. The Labute approximate surface area is 111 Å². The van der Waals surface area contributed by atoms with E-state index in [4.69, 9.17) is 5.11 Å². The van der Waals surface area contributed by atoms with Crippen LogP contribution in [0.5, 0.6) is 0 Å². The molecule has 110 valence electrons. The Morgan fingerprint density at radius 3 is 2.40 bits per heavy atom. The molecule has 1 aromatic carbocycles. The number of aliphatic carboxylic acids is 1. The smallest absolute Gasteiger partial charge is 0.326 e. The van der Waals surface area contributed by atoms with Crippen molar-refractivity contribution in [2.75, 3.05) is 0 Å². The minimum atomic E-state index is -2.90. The fraction of sp³-hybridized carbons (Fsp3) is 0.333. The summed E-state index contributed by atoms with van der Waals surface area (Å²) in [7, 11) is 0. The number of hydrogen-bond donors (Lipinski definition) is 2. The lowest BCUT2D eigenvalue weighted by molar-refractivity contribution is -0.142. The lowest BCUT2D eigenvalue weighted by Gasteiger charge is -2.14. The molecule has 0 radical (unpaired) electrons. The Hall–Kier alpha value is -2.12. The average Bonchev–Trinajstić information content (AvgIpc) is 2.31. The third-order valence-corrected chi connectivity index (χ3v) is 2.41. The van der Waals surface area contributed by atoms with Crippen LogP contribution < -0.4 is 5.32 Å². The normalized spacial score (nSPS) is 12.2. The zero-order chi connectivity index (χ0) is 15.3. The molecule has 0 spiro atoms. The number of benzene rings is 1. The van der Waals surface area contributed by atoms with Crippen molar-refractivity contribution in [2.45, 2.75) is 25.3 Å². The van der Waals surface area contributed by atoms with Gasteiger partial charge in [0.2, 0.25) is 12.3 Å². The summed E-state index contributed by atoms with van der Waals surface area (Å²) in [5.41, 5.74) is -0.162. The quantitative estimate of drug-likeness (QED) is 0.785. The fourth-order valence-electron chi connectivity index (χ4n) is 1.48. The van der Waals surface area contributed by atoms with Gasteiger partial charge in [0.05, 0.1) is 6.42 Å². The molecular formula is C12H11F4NO3. The van der Waals surface area contributed by atoms with Gasteiger partial charge in [0.25, 0.3) is 0 Å². The Kier molecular flexibility index (Phi) is 5.48. The summed E-state index contributed by atoms with van der Waals surface area (Å²) in [6, 6.07) is 0.759. The number of hydrogen-bond acceptors (Lipinski definition) is 2. The molecule has 0 aliphatic rings. The summed E-state index contributed by atoms with van der Waals surface area (Å²) in [5.74, 6) is -4.35. The second-order valence-corrected chi connectivity index (χ2v) is 4.00. The van der Waals surface area contributed by atoms with Crippen LogP contribution in [0.25, 0.3) is 0 Å². The summed E-state index contributed by atoms with van der Waals surface area (Å²) in [5, 5.41) is 10.5. The van der Waals surface area contributed by atoms with Crippen LogP contribution in [0.3, 0.4) is 0 Å². The van der Waals surface area contributed by atoms with Crippen molar-refractivity contribution in [1.29, 1.82) is 0 Å². The Morgan fingerprint density at radius 1 is 1.25 bits per heavy atom. The minimum Gasteiger partial charge on any atom is -0.480 e. The van der Waals surface area contributed by atoms with Crippen LogP contribution in [-0.2, 0) is 16.0 Å². The van der Waals surface area contributed by atoms with Crippen LogP contribution in [0.15, 0.2) is 18.2 Å². The largest absolute Gasteiger partial charge is 0.480 e. The number of carbonyl (C=O) groups excluding carboxylic acids is 1. The molecule has 8 heteroatoms. The van der Waals surface area contributed by atoms with Crippen LogP contribution in [-0.4, -0.2) is 29.5 Å². The molecule has 0 bridgehead atoms. The van der Waals surface area contributed by atoms with Crippen LogP contribution in [0.1, 0.15) is 12.0 Å². The third-order valence-electron chi connectivity index (χ3n) is 2.41. The summed E-state index contributed by atoms with van der Waals surface area (Å²) in [6.45, 7) is 0. The first kappa shape index (κ1) is 15.9. The van der Waals surface area contributed by atoms with Gasteiger partial charge in [-0.3, -0.25) is 4.79 Å². The molecule has 0 aromatic heterocycles. The van der Waals surface area contributed by atoms with Gasteiger partial charge in [0.1, 0.15) is 17.7 Å². The molecule has 20 heavy (non-hydrogen) atoms. The predicted octanol–water partition coefficient (Wildman–Crippen LogP) is 1.73. The lowest BCUT2D eigenvalue weighted by Crippen LogP contribution is -2.42. The van der Waals surface area contributed by atoms with Gasteiger partial charge < -0.3 is 10.4 Å². The van der Waals surface area contributed by atoms with Crippen molar-refractivity contribution < 1.29 is 32.3 Å². The summed E-state index contributed by atoms with van der Waals surface area (Å²) in [4.78, 5) is 22.1. The van der Waals surface area contributed by atoms with E-state index in [-0.39, 0.29) is 5.56 Å². The number of carboxylic acid groups (broad SMARTS) is 1. The Bertz CT molecular complexity index is 507. The maximum absolute atomic E-state index is 13.3. The first-order valence-electron chi connectivity index (χ1n) is 5.54. The van der Waals surface area contributed by atoms with E-state index in [2.05, 4.69) is 0 Å². The molecular weight excluding hydrogens is 282 g/mol. The van der Waals surface area contributed by atoms with Crippen molar-refractivity contribution in [3.8, 4) is 0 Å². The van der Waals surface area contributed by atoms with E-state index in [1.165, 1.54) is 0 Å². The molecule has 0 aliphatic heterocycles. The summed E-state index contributed by atoms with van der Waals surface area (Å²) < 4.78 is 50.1. The molecule has 0 heterocycles. The van der Waals surface area contributed by atoms with E-state index in [0.29, 0.717) is 6.07 Å². The van der Waals surface area contributed by atoms with Crippen molar-refractivity contribution in [3.05, 3.63) is 35.4 Å². The standard InChI is InChI=1S/C12H11F4NO3/c13-7-2-1-6(8(14)4-7)3-11(18)17-9(12(19)20)5-10(15)16/h1-2,4,9-10H,3,5H2,(H,17,18)(H,19,20). The molecule has 0 saturated heterocycles. The SMILES string of the molecule is O=C(Cc1ccc(F)cc1F)NC(CC(F)F)C(=O)O. The first-order chi connectivity index (χ1) is 9.29. The average molecular weight is 293 g/mol. The molecule has 0 fully saturated rings. The number of carbonyl (C=O) groups is 2. The van der Waals surface area contributed by atoms with Crippen molar-refractivity contribution in [3.63, 3.8) is 0 Å². The number of rotatable bonds is 6. The zero-order valence-electron chi connectivity index (χ0n) is 10.1. The van der Waals surface area contributed by atoms with Gasteiger partial charge in [-0.2, -0.15) is 0 Å². The highest BCUT2D eigenvalue weighted by Gasteiger charge is 2.24. The van der Waals surface area contributed by atoms with Crippen molar-refractivity contribution >= 4 is 11.9 Å². The van der Waals surface area contributed by atoms with Gasteiger partial charge in [0.15, 0.2) is 0 Å². The molecule has 1 amide bonds. The molecule has 4 nitrogen and oxygen atoms in total. The van der Waals surface area contributed by atoms with E-state index < -0.39 is 48.8 Å². The zero-order valence-corrected chi connectivity index (χ0v) is 10.1. The van der Waals surface area contributed by atoms with Crippen LogP contribution in [0.4, 0.5) is 17.6 Å². The second-order valence-electron chi connectivity index (χ2n) is 4.00. The molecule has 0 aliphatic carbocycles. The molecule has 1 aromatic rings. The van der Waals surface area contributed by atoms with E-state index in [9.17, 15) is 27.2 Å². The predicted molar refractivity (Wildman–Crippen MR) is 60.2 cm³/mol. The highest BCUT2D eigenvalue weighted by Crippen LogP contribution is 2.11. The fourth-order valence-corrected chi connectivity index (χ4v) is 1.48. The van der Waals surface area contributed by atoms with Crippen molar-refractivity contribution in [2.24, 2.45) is 0 Å². The monoisotopic (exact) mass is 293 g/mol. The van der Waals surface area contributed by atoms with Crippen molar-refractivity contribution in [1.82, 2.24) is 5.32 Å². The van der Waals surface area contributed by atoms with Gasteiger partial charge >= 0.3 is 5.97 Å². The van der Waals surface area contributed by atoms with E-state index in [1.807, 2.05) is 5.32 Å². The van der Waals surface area contributed by atoms with Crippen LogP contribution in [0.2, 0.25) is 0 Å². The second kappa shape index (κ2) is 6.88. The van der Waals surface area contributed by atoms with Crippen LogP contribution in [0, 0.1) is 11.6 Å². The number of carboxylic acids is 1. The Morgan fingerprint density at radius 2 is 1.90 bits per heavy atom. The highest BCUT2D eigenvalue weighted by molar-refractivity contribution is 5.84. The maximum Gasteiger partial charge on any atom is 0.326 e. The van der Waals surface area contributed by atoms with Crippen LogP contribution >= 0.6 is 0 Å². The van der Waals surface area contributed by atoms with Gasteiger partial charge in [0, 0.05) is 12.5 Å². The molecule has 1 unspecified atom stereocenters. The maximum atomic E-state index is 13.3. The Balaban J connectivity index is 2.68. The van der Waals surface area contributed by atoms with Gasteiger partial charge in [-0.1, -0.05) is 6.07 Å². The molecule has 1 atom stereocenters. The van der Waals surface area contributed by atoms with Gasteiger partial charge in [-0.25, -0.2) is 22.4 Å². The topological polar surface area (TPSA) is 66.4 Å². The van der Waals surface area contributed by atoms with Gasteiger partial charge in [-0.15, -0.1) is 0 Å². The number of nitrogens with one attached hydrogen (secondary N) is 1. The highest BCUT2D eigenvalue weighted by atomic mass is 19.3.